The van der Waals surface area contributed by atoms with E-state index in [1.165, 1.54) is 46.9 Å². The normalized spacial score (nSPS) is 19.3. The van der Waals surface area contributed by atoms with Crippen LogP contribution in [0.1, 0.15) is 22.4 Å². The molecule has 2 saturated heterocycles. The van der Waals surface area contributed by atoms with E-state index in [2.05, 4.69) is 62.1 Å². The third-order valence-electron chi connectivity index (χ3n) is 10.7. The molecule has 3 N–H and O–H groups in total. The Morgan fingerprint density at radius 1 is 0.935 bits per heavy atom. The quantitative estimate of drug-likeness (QED) is 0.0287. The fourth-order valence-corrected chi connectivity index (χ4v) is 11.0. The summed E-state index contributed by atoms with van der Waals surface area (Å²) in [5.74, 6) is -1.19. The number of fused-ring (bicyclic) bond motifs is 1. The Morgan fingerprint density at radius 2 is 1.55 bits per heavy atom. The zero-order valence-corrected chi connectivity index (χ0v) is 38.4. The lowest BCUT2D eigenvalue weighted by Gasteiger charge is -2.56. The number of piperazine rings is 1. The average Bonchev–Trinajstić information content (AvgIpc) is 3.78. The number of β-lactam (4-membered cyclic amide) rings is 1. The van der Waals surface area contributed by atoms with Crippen LogP contribution in [0, 0.1) is 0 Å². The largest absolute Gasteiger partial charge is 0.398 e. The van der Waals surface area contributed by atoms with Gasteiger partial charge in [0.1, 0.15) is 29.4 Å². The standard InChI is InChI=1S/C44H44N8O6S3.HI/c1-57-49-37(35-29-60-42(46-35)48-44(31-11-5-2-6-12-31,32-13-7-3-8-14-32)33-15-9-4-10-16-33)38(54)47-43(30-61-34-17-20-45-21-18-34)40(56)52-36(19-28-59-41(43)52)39(55)58-51-24-22-50(23-25-51)26-27-53;/h2-21,29,41,53H,22-28,30H2,1H3,(H,46,48)(H,47,54);1H/b49-37-;/t41-,43?;/m0./s1. The zero-order chi connectivity index (χ0) is 42.2. The maximum Gasteiger partial charge on any atom is 0.373 e. The Bertz CT molecular complexity index is 2280. The Hall–Kier alpha value is -4.83. The van der Waals surface area contributed by atoms with E-state index in [1.54, 1.807) is 28.9 Å². The van der Waals surface area contributed by atoms with Gasteiger partial charge in [-0.05, 0) is 34.9 Å². The van der Waals surface area contributed by atoms with Crippen LogP contribution >= 0.6 is 58.8 Å². The minimum atomic E-state index is -1.44. The van der Waals surface area contributed by atoms with Crippen LogP contribution < -0.4 is 10.6 Å². The number of aromatic nitrogens is 2. The van der Waals surface area contributed by atoms with Crippen molar-refractivity contribution in [2.75, 3.05) is 63.3 Å². The first-order valence-electron chi connectivity index (χ1n) is 19.7. The van der Waals surface area contributed by atoms with E-state index in [9.17, 15) is 19.5 Å². The van der Waals surface area contributed by atoms with Crippen molar-refractivity contribution in [2.24, 2.45) is 5.16 Å². The van der Waals surface area contributed by atoms with E-state index in [0.717, 1.165) is 21.6 Å². The Balaban J connectivity index is 0.00000578. The molecule has 0 spiro atoms. The summed E-state index contributed by atoms with van der Waals surface area (Å²) in [6.45, 7) is 2.80. The van der Waals surface area contributed by atoms with Crippen LogP contribution in [-0.2, 0) is 29.6 Å². The van der Waals surface area contributed by atoms with Crippen molar-refractivity contribution in [1.29, 1.82) is 0 Å². The van der Waals surface area contributed by atoms with E-state index < -0.39 is 34.2 Å². The van der Waals surface area contributed by atoms with Gasteiger partial charge in [0.2, 0.25) is 0 Å². The molecule has 2 atom stereocenters. The summed E-state index contributed by atoms with van der Waals surface area (Å²) in [6.07, 6.45) is 5.02. The van der Waals surface area contributed by atoms with Gasteiger partial charge in [0.15, 0.2) is 16.4 Å². The molecule has 3 aromatic carbocycles. The molecule has 14 nitrogen and oxygen atoms in total. The Labute approximate surface area is 389 Å². The molecule has 322 valence electrons. The molecule has 2 aromatic heterocycles. The smallest absolute Gasteiger partial charge is 0.373 e. The van der Waals surface area contributed by atoms with Gasteiger partial charge in [0, 0.05) is 66.9 Å². The number of carbonyl (C=O) groups excluding carboxylic acids is 3. The summed E-state index contributed by atoms with van der Waals surface area (Å²) in [7, 11) is 1.35. The zero-order valence-electron chi connectivity index (χ0n) is 33.7. The molecule has 0 bridgehead atoms. The fraction of sp³-hybridized carbons (Fsp3) is 0.273. The number of hydrogen-bond donors (Lipinski definition) is 3. The minimum absolute atomic E-state index is 0. The van der Waals surface area contributed by atoms with Crippen LogP contribution in [-0.4, -0.2) is 122 Å². The first-order valence-corrected chi connectivity index (χ1v) is 22.6. The number of nitrogens with one attached hydrogen (secondary N) is 2. The van der Waals surface area contributed by atoms with Crippen LogP contribution in [0.4, 0.5) is 5.13 Å². The first-order chi connectivity index (χ1) is 29.9. The second-order valence-electron chi connectivity index (χ2n) is 14.4. The topological polar surface area (TPSA) is 162 Å². The number of hydroxylamine groups is 2. The molecule has 1 unspecified atom stereocenters. The molecule has 3 aliphatic rings. The van der Waals surface area contributed by atoms with Crippen molar-refractivity contribution in [2.45, 2.75) is 21.3 Å². The molecule has 8 rings (SSSR count). The van der Waals surface area contributed by atoms with Crippen LogP contribution in [0.3, 0.4) is 0 Å². The molecule has 0 radical (unpaired) electrons. The summed E-state index contributed by atoms with van der Waals surface area (Å²) in [5, 5.41) is 23.5. The Kier molecular flexibility index (Phi) is 15.0. The number of pyridine rings is 1. The number of benzene rings is 3. The SMILES string of the molecule is CO/N=C(\C(=O)NC1(CSc2ccncc2)C(=O)N2C(C(=O)ON3CCN(CCO)CC3)=CCS[C@H]21)c1csc(NC(c2ccccc2)(c2ccccc2)c2ccccc2)n1.I. The maximum atomic E-state index is 14.6. The summed E-state index contributed by atoms with van der Waals surface area (Å²) in [6, 6.07) is 34.0. The number of rotatable bonds is 16. The highest BCUT2D eigenvalue weighted by atomic mass is 127. The van der Waals surface area contributed by atoms with Crippen molar-refractivity contribution in [3.05, 3.63) is 155 Å². The van der Waals surface area contributed by atoms with Crippen molar-refractivity contribution in [1.82, 2.24) is 30.1 Å². The molecule has 3 aliphatic heterocycles. The van der Waals surface area contributed by atoms with E-state index in [-0.39, 0.29) is 53.4 Å². The van der Waals surface area contributed by atoms with Crippen LogP contribution in [0.5, 0.6) is 0 Å². The van der Waals surface area contributed by atoms with Gasteiger partial charge in [0.05, 0.1) is 6.61 Å². The fourth-order valence-electron chi connectivity index (χ4n) is 7.74. The number of nitrogens with zero attached hydrogens (tertiary/aromatic N) is 6. The number of thioether (sulfide) groups is 2. The molecule has 5 aromatic rings. The second kappa shape index (κ2) is 20.6. The molecule has 0 aliphatic carbocycles. The van der Waals surface area contributed by atoms with Crippen molar-refractivity contribution < 1.29 is 29.2 Å². The van der Waals surface area contributed by atoms with Crippen LogP contribution in [0.25, 0.3) is 0 Å². The number of thiazole rings is 1. The minimum Gasteiger partial charge on any atom is -0.398 e. The van der Waals surface area contributed by atoms with Gasteiger partial charge in [-0.15, -0.1) is 63.9 Å². The van der Waals surface area contributed by atoms with E-state index in [1.807, 2.05) is 66.7 Å². The highest BCUT2D eigenvalue weighted by Crippen LogP contribution is 2.47. The second-order valence-corrected chi connectivity index (χ2v) is 17.4. The molecule has 62 heavy (non-hydrogen) atoms. The number of halogens is 1. The number of carbonyl (C=O) groups is 3. The molecule has 5 heterocycles. The van der Waals surface area contributed by atoms with Gasteiger partial charge in [0.25, 0.3) is 11.8 Å². The molecule has 18 heteroatoms. The Morgan fingerprint density at radius 3 is 2.13 bits per heavy atom. The van der Waals surface area contributed by atoms with E-state index >= 15 is 0 Å². The third-order valence-corrected chi connectivity index (χ3v) is 14.0. The molecule has 0 saturated carbocycles. The van der Waals surface area contributed by atoms with Gasteiger partial charge in [-0.25, -0.2) is 9.78 Å². The van der Waals surface area contributed by atoms with E-state index in [0.29, 0.717) is 43.6 Å². The van der Waals surface area contributed by atoms with Gasteiger partial charge in [-0.1, -0.05) is 96.2 Å². The molecule has 2 amide bonds. The number of aliphatic hydroxyl groups is 1. The van der Waals surface area contributed by atoms with Crippen molar-refractivity contribution in [3.63, 3.8) is 0 Å². The van der Waals surface area contributed by atoms with Gasteiger partial charge in [-0.2, -0.15) is 0 Å². The summed E-state index contributed by atoms with van der Waals surface area (Å²) < 4.78 is 0. The average molecular weight is 1000 g/mol. The predicted molar refractivity (Wildman–Crippen MR) is 252 cm³/mol. The monoisotopic (exact) mass is 1000 g/mol. The summed E-state index contributed by atoms with van der Waals surface area (Å²) >= 11 is 4.15. The van der Waals surface area contributed by atoms with Crippen LogP contribution in [0.2, 0.25) is 0 Å². The van der Waals surface area contributed by atoms with Gasteiger partial charge >= 0.3 is 5.97 Å². The number of anilines is 1. The van der Waals surface area contributed by atoms with Gasteiger partial charge < -0.3 is 25.4 Å². The molecular weight excluding hydrogens is 960 g/mol. The number of oxime groups is 1. The molecular formula is C44H45IN8O6S3. The lowest BCUT2D eigenvalue weighted by Crippen LogP contribution is -2.81. The number of β-amino-alcohol motifs (C(OH)–C–C–N with tert-alkyl or cyclic N) is 1. The van der Waals surface area contributed by atoms with Gasteiger partial charge in [-0.3, -0.25) is 24.4 Å². The lowest BCUT2D eigenvalue weighted by molar-refractivity contribution is -0.196. The predicted octanol–water partition coefficient (Wildman–Crippen LogP) is 5.43. The number of amides is 2. The number of hydrogen-bond acceptors (Lipinski definition) is 15. The summed E-state index contributed by atoms with van der Waals surface area (Å²) in [5.41, 5.74) is 0.897. The maximum absolute atomic E-state index is 14.6. The first kappa shape index (κ1) is 45.2. The van der Waals surface area contributed by atoms with Crippen molar-refractivity contribution in [3.8, 4) is 0 Å². The van der Waals surface area contributed by atoms with E-state index in [4.69, 9.17) is 14.7 Å². The number of aliphatic hydroxyl groups excluding tert-OH is 1. The molecule has 2 fully saturated rings. The summed E-state index contributed by atoms with van der Waals surface area (Å²) in [4.78, 5) is 67.2. The lowest BCUT2D eigenvalue weighted by atomic mass is 9.77. The highest BCUT2D eigenvalue weighted by Gasteiger charge is 2.65. The van der Waals surface area contributed by atoms with Crippen LogP contribution in [0.15, 0.2) is 143 Å². The highest BCUT2D eigenvalue weighted by molar-refractivity contribution is 14.0. The third kappa shape index (κ3) is 9.27. The van der Waals surface area contributed by atoms with Crippen molar-refractivity contribution >= 4 is 87.5 Å².